The van der Waals surface area contributed by atoms with Gasteiger partial charge in [0, 0.05) is 5.33 Å². The predicted octanol–water partition coefficient (Wildman–Crippen LogP) is 8.33. The Labute approximate surface area is 182 Å². The number of benzene rings is 1. The molecule has 0 saturated carbocycles. The Hall–Kier alpha value is -0.760. The van der Waals surface area contributed by atoms with Crippen LogP contribution in [0.2, 0.25) is 0 Å². The van der Waals surface area contributed by atoms with Gasteiger partial charge in [-0.05, 0) is 72.1 Å². The van der Waals surface area contributed by atoms with Crippen LogP contribution in [0.3, 0.4) is 0 Å². The molecule has 28 heavy (non-hydrogen) atoms. The summed E-state index contributed by atoms with van der Waals surface area (Å²) in [5, 5.41) is 11.4. The van der Waals surface area contributed by atoms with Gasteiger partial charge in [-0.1, -0.05) is 93.9 Å². The monoisotopic (exact) mass is 448 g/mol. The highest BCUT2D eigenvalue weighted by Crippen LogP contribution is 2.41. The first-order valence-corrected chi connectivity index (χ1v) is 12.4. The molecule has 2 rings (SSSR count). The summed E-state index contributed by atoms with van der Waals surface area (Å²) in [6.07, 6.45) is 13.5. The highest BCUT2D eigenvalue weighted by atomic mass is 79.9. The maximum atomic E-state index is 10.4. The van der Waals surface area contributed by atoms with E-state index in [0.717, 1.165) is 11.8 Å². The molecule has 1 N–H and O–H groups in total. The molecule has 0 heterocycles. The van der Waals surface area contributed by atoms with Crippen LogP contribution in [0.15, 0.2) is 29.8 Å². The number of phenols is 1. The maximum absolute atomic E-state index is 10.4. The van der Waals surface area contributed by atoms with Gasteiger partial charge in [0.25, 0.3) is 0 Å². The lowest BCUT2D eigenvalue weighted by Crippen LogP contribution is -2.28. The first kappa shape index (κ1) is 23.5. The Morgan fingerprint density at radius 3 is 2.43 bits per heavy atom. The lowest BCUT2D eigenvalue weighted by Gasteiger charge is -2.37. The van der Waals surface area contributed by atoms with E-state index in [9.17, 15) is 5.11 Å². The second-order valence-electron chi connectivity index (χ2n) is 10.2. The van der Waals surface area contributed by atoms with Crippen molar-refractivity contribution in [2.45, 2.75) is 97.8 Å². The van der Waals surface area contributed by atoms with Crippen molar-refractivity contribution < 1.29 is 5.11 Å². The molecule has 0 aliphatic heterocycles. The smallest absolute Gasteiger partial charge is 0.116 e. The summed E-state index contributed by atoms with van der Waals surface area (Å²) in [4.78, 5) is 0. The number of allylic oxidation sites excluding steroid dienone is 2. The second-order valence-corrected chi connectivity index (χ2v) is 10.8. The minimum atomic E-state index is 0.115. The van der Waals surface area contributed by atoms with Crippen molar-refractivity contribution in [3.05, 3.63) is 41.0 Å². The Bertz CT molecular complexity index is 656. The van der Waals surface area contributed by atoms with Crippen LogP contribution in [0.1, 0.15) is 97.1 Å². The van der Waals surface area contributed by atoms with Crippen LogP contribution < -0.4 is 0 Å². The van der Waals surface area contributed by atoms with Crippen molar-refractivity contribution in [1.82, 2.24) is 0 Å². The highest BCUT2D eigenvalue weighted by Gasteiger charge is 2.31. The average Bonchev–Trinajstić information content (AvgIpc) is 2.64. The van der Waals surface area contributed by atoms with E-state index in [2.05, 4.69) is 62.7 Å². The molecule has 2 heteroatoms. The van der Waals surface area contributed by atoms with E-state index in [1.165, 1.54) is 62.5 Å². The molecule has 0 spiro atoms. The molecule has 1 aliphatic carbocycles. The molecule has 1 aliphatic rings. The van der Waals surface area contributed by atoms with Crippen LogP contribution in [-0.4, -0.2) is 10.4 Å². The number of aromatic hydroxyl groups is 1. The zero-order valence-corrected chi connectivity index (χ0v) is 20.4. The topological polar surface area (TPSA) is 20.2 Å². The van der Waals surface area contributed by atoms with E-state index < -0.39 is 0 Å². The number of phenolic OH excluding ortho intramolecular Hbond substituents is 1. The van der Waals surface area contributed by atoms with Gasteiger partial charge in [0.1, 0.15) is 5.75 Å². The minimum absolute atomic E-state index is 0.115. The third-order valence-electron chi connectivity index (χ3n) is 6.86. The van der Waals surface area contributed by atoms with Crippen LogP contribution in [0.25, 0.3) is 0 Å². The van der Waals surface area contributed by atoms with Gasteiger partial charge in [-0.25, -0.2) is 0 Å². The van der Waals surface area contributed by atoms with E-state index in [4.69, 9.17) is 0 Å². The standard InChI is InChI=1S/C26H41BrO/c1-6-7-8-9-14-25(2,3)23-15-21(16-24(28)17-23)18-26(4,5)22-12-10-20(19-27)11-13-22/h10,15-17,22,28H,6-9,11-14,18-19H2,1-5H3/t22-/m0/s1. The fourth-order valence-electron chi connectivity index (χ4n) is 4.69. The highest BCUT2D eigenvalue weighted by molar-refractivity contribution is 9.09. The summed E-state index contributed by atoms with van der Waals surface area (Å²) in [5.74, 6) is 1.14. The largest absolute Gasteiger partial charge is 0.508 e. The quantitative estimate of drug-likeness (QED) is 0.216. The molecule has 0 bridgehead atoms. The van der Waals surface area contributed by atoms with Gasteiger partial charge < -0.3 is 5.11 Å². The first-order chi connectivity index (χ1) is 13.2. The van der Waals surface area contributed by atoms with Crippen molar-refractivity contribution in [3.8, 4) is 5.75 Å². The van der Waals surface area contributed by atoms with Gasteiger partial charge in [-0.2, -0.15) is 0 Å². The number of rotatable bonds is 10. The number of unbranched alkanes of at least 4 members (excludes halogenated alkanes) is 3. The molecular weight excluding hydrogens is 408 g/mol. The summed E-state index contributed by atoms with van der Waals surface area (Å²) < 4.78 is 0. The van der Waals surface area contributed by atoms with E-state index in [-0.39, 0.29) is 10.8 Å². The van der Waals surface area contributed by atoms with Gasteiger partial charge in [-0.15, -0.1) is 0 Å². The molecular formula is C26H41BrO. The van der Waals surface area contributed by atoms with E-state index in [1.807, 2.05) is 12.1 Å². The molecule has 0 aromatic heterocycles. The Kier molecular flexibility index (Phi) is 8.67. The summed E-state index contributed by atoms with van der Waals surface area (Å²) in [7, 11) is 0. The van der Waals surface area contributed by atoms with Crippen molar-refractivity contribution >= 4 is 15.9 Å². The molecule has 0 fully saturated rings. The number of halogens is 1. The van der Waals surface area contributed by atoms with E-state index in [0.29, 0.717) is 11.7 Å². The maximum Gasteiger partial charge on any atom is 0.116 e. The van der Waals surface area contributed by atoms with Crippen LogP contribution in [0.5, 0.6) is 5.75 Å². The third kappa shape index (κ3) is 6.65. The van der Waals surface area contributed by atoms with Gasteiger partial charge in [0.2, 0.25) is 0 Å². The van der Waals surface area contributed by atoms with Crippen LogP contribution in [0, 0.1) is 11.3 Å². The molecule has 1 aromatic carbocycles. The second kappa shape index (κ2) is 10.3. The van der Waals surface area contributed by atoms with Crippen molar-refractivity contribution in [2.24, 2.45) is 11.3 Å². The zero-order valence-electron chi connectivity index (χ0n) is 18.8. The molecule has 1 nitrogen and oxygen atoms in total. The van der Waals surface area contributed by atoms with Gasteiger partial charge in [-0.3, -0.25) is 0 Å². The van der Waals surface area contributed by atoms with Gasteiger partial charge in [0.05, 0.1) is 0 Å². The predicted molar refractivity (Wildman–Crippen MR) is 127 cm³/mol. The molecule has 0 radical (unpaired) electrons. The molecule has 0 amide bonds. The fraction of sp³-hybridized carbons (Fsp3) is 0.692. The normalized spacial score (nSPS) is 18.2. The Morgan fingerprint density at radius 2 is 1.82 bits per heavy atom. The minimum Gasteiger partial charge on any atom is -0.508 e. The van der Waals surface area contributed by atoms with Crippen LogP contribution in [-0.2, 0) is 11.8 Å². The Morgan fingerprint density at radius 1 is 1.07 bits per heavy atom. The lowest BCUT2D eigenvalue weighted by molar-refractivity contribution is 0.193. The molecule has 1 atom stereocenters. The van der Waals surface area contributed by atoms with E-state index in [1.54, 1.807) is 5.57 Å². The number of hydrogen-bond acceptors (Lipinski definition) is 1. The lowest BCUT2D eigenvalue weighted by atomic mass is 9.68. The summed E-state index contributed by atoms with van der Waals surface area (Å²) in [6.45, 7) is 11.7. The Balaban J connectivity index is 2.10. The van der Waals surface area contributed by atoms with Gasteiger partial charge in [0.15, 0.2) is 0 Å². The van der Waals surface area contributed by atoms with Crippen molar-refractivity contribution in [2.75, 3.05) is 5.33 Å². The fourth-order valence-corrected chi connectivity index (χ4v) is 5.20. The zero-order chi connectivity index (χ0) is 20.8. The third-order valence-corrected chi connectivity index (χ3v) is 7.58. The van der Waals surface area contributed by atoms with E-state index >= 15 is 0 Å². The number of hydrogen-bond donors (Lipinski definition) is 1. The average molecular weight is 450 g/mol. The van der Waals surface area contributed by atoms with Crippen LogP contribution >= 0.6 is 15.9 Å². The van der Waals surface area contributed by atoms with Gasteiger partial charge >= 0.3 is 0 Å². The number of alkyl halides is 1. The van der Waals surface area contributed by atoms with Crippen molar-refractivity contribution in [3.63, 3.8) is 0 Å². The SMILES string of the molecule is CCCCCCC(C)(C)c1cc(O)cc(CC(C)(C)[C@H]2CC=C(CBr)CC2)c1. The van der Waals surface area contributed by atoms with Crippen LogP contribution in [0.4, 0.5) is 0 Å². The van der Waals surface area contributed by atoms with Crippen molar-refractivity contribution in [1.29, 1.82) is 0 Å². The summed E-state index contributed by atoms with van der Waals surface area (Å²) >= 11 is 3.60. The molecule has 158 valence electrons. The molecule has 0 unspecified atom stereocenters. The first-order valence-electron chi connectivity index (χ1n) is 11.2. The summed E-state index contributed by atoms with van der Waals surface area (Å²) in [5.41, 5.74) is 4.49. The summed E-state index contributed by atoms with van der Waals surface area (Å²) in [6, 6.07) is 6.34. The molecule has 1 aromatic rings. The molecule has 0 saturated heterocycles.